The molecule has 20 heavy (non-hydrogen) atoms. The predicted molar refractivity (Wildman–Crippen MR) is 82.1 cm³/mol. The zero-order valence-electron chi connectivity index (χ0n) is 11.5. The summed E-state index contributed by atoms with van der Waals surface area (Å²) in [7, 11) is 1.81. The summed E-state index contributed by atoms with van der Waals surface area (Å²) in [6.45, 7) is 0.776. The van der Waals surface area contributed by atoms with Crippen molar-refractivity contribution in [2.45, 2.75) is 18.4 Å². The van der Waals surface area contributed by atoms with Crippen LogP contribution in [-0.2, 0) is 4.74 Å². The molecular formula is C14H18N4OS. The molecule has 3 rings (SSSR count). The topological polar surface area (TPSA) is 59.9 Å². The summed E-state index contributed by atoms with van der Waals surface area (Å²) in [5.74, 6) is 3.17. The highest BCUT2D eigenvalue weighted by Gasteiger charge is 2.32. The normalized spacial score (nSPS) is 18.1. The molecule has 106 valence electrons. The standard InChI is InChI=1S/C14H18N4OS/c1-19-14(3-6-20-7-4-14)9-16-13-11-2-5-15-8-12(11)17-10-18-13/h2,5,8,10H,3-4,6-7,9H2,1H3,(H,16,17,18). The number of nitrogens with zero attached hydrogens (tertiary/aromatic N) is 3. The lowest BCUT2D eigenvalue weighted by Crippen LogP contribution is -2.42. The molecule has 1 aliphatic heterocycles. The highest BCUT2D eigenvalue weighted by Crippen LogP contribution is 2.30. The SMILES string of the molecule is COC1(CNc2ncnc3cnccc23)CCSCC1. The van der Waals surface area contributed by atoms with Crippen molar-refractivity contribution in [2.24, 2.45) is 0 Å². The molecule has 1 N–H and O–H groups in total. The van der Waals surface area contributed by atoms with Gasteiger partial charge in [0.05, 0.1) is 17.3 Å². The van der Waals surface area contributed by atoms with E-state index in [1.54, 1.807) is 25.8 Å². The van der Waals surface area contributed by atoms with Gasteiger partial charge in [-0.15, -0.1) is 0 Å². The van der Waals surface area contributed by atoms with Gasteiger partial charge < -0.3 is 10.1 Å². The molecule has 3 heterocycles. The van der Waals surface area contributed by atoms with Gasteiger partial charge in [0.25, 0.3) is 0 Å². The van der Waals surface area contributed by atoms with Crippen molar-refractivity contribution < 1.29 is 4.74 Å². The van der Waals surface area contributed by atoms with E-state index in [2.05, 4.69) is 20.3 Å². The van der Waals surface area contributed by atoms with Crippen LogP contribution in [0, 0.1) is 0 Å². The van der Waals surface area contributed by atoms with Crippen LogP contribution in [0.3, 0.4) is 0 Å². The van der Waals surface area contributed by atoms with Gasteiger partial charge >= 0.3 is 0 Å². The third-order valence-corrected chi connectivity index (χ3v) is 4.84. The third kappa shape index (κ3) is 2.71. The van der Waals surface area contributed by atoms with E-state index in [-0.39, 0.29) is 5.60 Å². The quantitative estimate of drug-likeness (QED) is 0.932. The number of ether oxygens (including phenoxy) is 1. The summed E-state index contributed by atoms with van der Waals surface area (Å²) in [6.07, 6.45) is 7.24. The highest BCUT2D eigenvalue weighted by atomic mass is 32.2. The van der Waals surface area contributed by atoms with Crippen LogP contribution in [0.2, 0.25) is 0 Å². The molecule has 0 radical (unpaired) electrons. The number of aromatic nitrogens is 3. The van der Waals surface area contributed by atoms with Crippen molar-refractivity contribution in [3.8, 4) is 0 Å². The van der Waals surface area contributed by atoms with Crippen molar-refractivity contribution in [2.75, 3.05) is 30.5 Å². The molecule has 0 atom stereocenters. The Bertz CT molecular complexity index is 581. The first-order chi connectivity index (χ1) is 9.83. The molecule has 1 fully saturated rings. The molecule has 6 heteroatoms. The summed E-state index contributed by atoms with van der Waals surface area (Å²) in [5.41, 5.74) is 0.783. The van der Waals surface area contributed by atoms with Crippen LogP contribution in [0.25, 0.3) is 10.9 Å². The van der Waals surface area contributed by atoms with Crippen LogP contribution >= 0.6 is 11.8 Å². The van der Waals surface area contributed by atoms with Gasteiger partial charge in [-0.05, 0) is 30.4 Å². The van der Waals surface area contributed by atoms with E-state index in [0.29, 0.717) is 0 Å². The fraction of sp³-hybridized carbons (Fsp3) is 0.500. The van der Waals surface area contributed by atoms with E-state index in [1.807, 2.05) is 17.8 Å². The number of fused-ring (bicyclic) bond motifs is 1. The molecule has 2 aromatic rings. The second kappa shape index (κ2) is 5.93. The minimum atomic E-state index is -0.0739. The Morgan fingerprint density at radius 2 is 2.20 bits per heavy atom. The fourth-order valence-corrected chi connectivity index (χ4v) is 3.73. The zero-order chi connectivity index (χ0) is 13.8. The molecule has 0 aromatic carbocycles. The first kappa shape index (κ1) is 13.6. The van der Waals surface area contributed by atoms with Gasteiger partial charge in [-0.2, -0.15) is 11.8 Å². The van der Waals surface area contributed by atoms with Gasteiger partial charge in [0.15, 0.2) is 0 Å². The Hall–Kier alpha value is -1.40. The molecule has 0 bridgehead atoms. The van der Waals surface area contributed by atoms with Gasteiger partial charge in [0.2, 0.25) is 0 Å². The fourth-order valence-electron chi connectivity index (χ4n) is 2.49. The highest BCUT2D eigenvalue weighted by molar-refractivity contribution is 7.99. The second-order valence-corrected chi connectivity index (χ2v) is 6.19. The Morgan fingerprint density at radius 1 is 1.35 bits per heavy atom. The van der Waals surface area contributed by atoms with Crippen LogP contribution in [0.4, 0.5) is 5.82 Å². The summed E-state index contributed by atoms with van der Waals surface area (Å²) in [5, 5.41) is 4.43. The van der Waals surface area contributed by atoms with Gasteiger partial charge in [-0.3, -0.25) is 4.98 Å². The van der Waals surface area contributed by atoms with Crippen LogP contribution < -0.4 is 5.32 Å². The summed E-state index contributed by atoms with van der Waals surface area (Å²) in [4.78, 5) is 12.7. The number of thioether (sulfide) groups is 1. The number of rotatable bonds is 4. The lowest BCUT2D eigenvalue weighted by atomic mass is 9.96. The predicted octanol–water partition coefficient (Wildman–Crippen LogP) is 2.35. The smallest absolute Gasteiger partial charge is 0.137 e. The molecule has 2 aromatic heterocycles. The van der Waals surface area contributed by atoms with Gasteiger partial charge in [-0.1, -0.05) is 0 Å². The number of methoxy groups -OCH3 is 1. The number of anilines is 1. The summed E-state index contributed by atoms with van der Waals surface area (Å²) in [6, 6.07) is 1.94. The van der Waals surface area contributed by atoms with E-state index < -0.39 is 0 Å². The molecule has 0 unspecified atom stereocenters. The van der Waals surface area contributed by atoms with Crippen molar-refractivity contribution in [1.82, 2.24) is 15.0 Å². The monoisotopic (exact) mass is 290 g/mol. The van der Waals surface area contributed by atoms with Crippen LogP contribution in [0.1, 0.15) is 12.8 Å². The van der Waals surface area contributed by atoms with Crippen molar-refractivity contribution in [3.05, 3.63) is 24.8 Å². The molecule has 1 saturated heterocycles. The minimum absolute atomic E-state index is 0.0739. The lowest BCUT2D eigenvalue weighted by molar-refractivity contribution is -0.00551. The Kier molecular flexibility index (Phi) is 4.03. The van der Waals surface area contributed by atoms with Crippen molar-refractivity contribution in [3.63, 3.8) is 0 Å². The Labute approximate surface area is 122 Å². The first-order valence-corrected chi connectivity index (χ1v) is 7.90. The van der Waals surface area contributed by atoms with Crippen molar-refractivity contribution >= 4 is 28.5 Å². The maximum Gasteiger partial charge on any atom is 0.137 e. The van der Waals surface area contributed by atoms with E-state index >= 15 is 0 Å². The van der Waals surface area contributed by atoms with Crippen LogP contribution in [0.15, 0.2) is 24.8 Å². The van der Waals surface area contributed by atoms with Gasteiger partial charge in [0, 0.05) is 25.2 Å². The maximum absolute atomic E-state index is 5.78. The first-order valence-electron chi connectivity index (χ1n) is 6.74. The molecule has 0 amide bonds. The Balaban J connectivity index is 1.79. The minimum Gasteiger partial charge on any atom is -0.376 e. The average molecular weight is 290 g/mol. The van der Waals surface area contributed by atoms with E-state index in [0.717, 1.165) is 47.6 Å². The Morgan fingerprint density at radius 3 is 3.00 bits per heavy atom. The van der Waals surface area contributed by atoms with Crippen molar-refractivity contribution in [1.29, 1.82) is 0 Å². The largest absolute Gasteiger partial charge is 0.376 e. The zero-order valence-corrected chi connectivity index (χ0v) is 12.3. The number of nitrogens with one attached hydrogen (secondary N) is 1. The number of hydrogen-bond acceptors (Lipinski definition) is 6. The molecule has 5 nitrogen and oxygen atoms in total. The lowest BCUT2D eigenvalue weighted by Gasteiger charge is -2.36. The van der Waals surface area contributed by atoms with E-state index in [4.69, 9.17) is 4.74 Å². The second-order valence-electron chi connectivity index (χ2n) is 4.97. The molecule has 0 aliphatic carbocycles. The third-order valence-electron chi connectivity index (χ3n) is 3.85. The maximum atomic E-state index is 5.78. The van der Waals surface area contributed by atoms with Crippen LogP contribution in [-0.4, -0.2) is 45.7 Å². The van der Waals surface area contributed by atoms with E-state index in [1.165, 1.54) is 0 Å². The van der Waals surface area contributed by atoms with Gasteiger partial charge in [0.1, 0.15) is 12.1 Å². The average Bonchev–Trinajstić information content (AvgIpc) is 2.54. The number of hydrogen-bond donors (Lipinski definition) is 1. The molecule has 1 aliphatic rings. The van der Waals surface area contributed by atoms with E-state index in [9.17, 15) is 0 Å². The number of pyridine rings is 1. The molecule has 0 saturated carbocycles. The summed E-state index contributed by atoms with van der Waals surface area (Å²) >= 11 is 2.00. The molecule has 0 spiro atoms. The molecular weight excluding hydrogens is 272 g/mol. The van der Waals surface area contributed by atoms with Crippen LogP contribution in [0.5, 0.6) is 0 Å². The summed E-state index contributed by atoms with van der Waals surface area (Å²) < 4.78 is 5.78. The van der Waals surface area contributed by atoms with Gasteiger partial charge in [-0.25, -0.2) is 9.97 Å².